The zero-order valence-corrected chi connectivity index (χ0v) is 11.2. The molecule has 104 valence electrons. The number of hydrogen-bond acceptors (Lipinski definition) is 2. The molecule has 0 aromatic carbocycles. The van der Waals surface area contributed by atoms with E-state index in [0.717, 1.165) is 6.54 Å². The van der Waals surface area contributed by atoms with E-state index in [0.29, 0.717) is 24.8 Å². The largest absolute Gasteiger partial charge is 0.481 e. The van der Waals surface area contributed by atoms with Gasteiger partial charge in [0.25, 0.3) is 0 Å². The summed E-state index contributed by atoms with van der Waals surface area (Å²) in [5.41, 5.74) is 0. The molecule has 0 spiro atoms. The van der Waals surface area contributed by atoms with Gasteiger partial charge in [0.05, 0.1) is 5.92 Å². The Bertz CT molecular complexity index is 294. The molecule has 1 aliphatic carbocycles. The lowest BCUT2D eigenvalue weighted by molar-refractivity contribution is -0.141. The molecule has 5 nitrogen and oxygen atoms in total. The SMILES string of the molecule is CC(CCNC(=O)NCC1CCCC1C)C(=O)O. The molecule has 0 aliphatic heterocycles. The number of carboxylic acid groups (broad SMARTS) is 1. The van der Waals surface area contributed by atoms with Crippen molar-refractivity contribution in [1.29, 1.82) is 0 Å². The predicted molar refractivity (Wildman–Crippen MR) is 69.3 cm³/mol. The van der Waals surface area contributed by atoms with Crippen LogP contribution in [-0.2, 0) is 4.79 Å². The molecule has 18 heavy (non-hydrogen) atoms. The van der Waals surface area contributed by atoms with Crippen LogP contribution in [0, 0.1) is 17.8 Å². The second kappa shape index (κ2) is 7.24. The number of carboxylic acids is 1. The molecule has 1 fully saturated rings. The molecule has 3 atom stereocenters. The van der Waals surface area contributed by atoms with Crippen LogP contribution >= 0.6 is 0 Å². The Morgan fingerprint density at radius 1 is 1.33 bits per heavy atom. The van der Waals surface area contributed by atoms with Gasteiger partial charge in [0.15, 0.2) is 0 Å². The zero-order chi connectivity index (χ0) is 13.5. The monoisotopic (exact) mass is 256 g/mol. The number of carbonyl (C=O) groups excluding carboxylic acids is 1. The number of urea groups is 1. The molecular weight excluding hydrogens is 232 g/mol. The fourth-order valence-corrected chi connectivity index (χ4v) is 2.34. The lowest BCUT2D eigenvalue weighted by Crippen LogP contribution is -2.39. The van der Waals surface area contributed by atoms with E-state index < -0.39 is 11.9 Å². The Morgan fingerprint density at radius 2 is 2.06 bits per heavy atom. The molecule has 0 radical (unpaired) electrons. The van der Waals surface area contributed by atoms with Crippen LogP contribution < -0.4 is 10.6 Å². The minimum absolute atomic E-state index is 0.188. The summed E-state index contributed by atoms with van der Waals surface area (Å²) in [7, 11) is 0. The fraction of sp³-hybridized carbons (Fsp3) is 0.846. The maximum absolute atomic E-state index is 11.5. The maximum Gasteiger partial charge on any atom is 0.314 e. The van der Waals surface area contributed by atoms with Gasteiger partial charge in [0.1, 0.15) is 0 Å². The molecule has 0 aromatic heterocycles. The molecule has 0 heterocycles. The topological polar surface area (TPSA) is 78.4 Å². The first-order valence-corrected chi connectivity index (χ1v) is 6.75. The third kappa shape index (κ3) is 4.94. The van der Waals surface area contributed by atoms with E-state index in [-0.39, 0.29) is 6.03 Å². The van der Waals surface area contributed by atoms with Crippen molar-refractivity contribution in [2.45, 2.75) is 39.5 Å². The van der Waals surface area contributed by atoms with Crippen molar-refractivity contribution in [3.8, 4) is 0 Å². The van der Waals surface area contributed by atoms with Crippen LogP contribution in [0.5, 0.6) is 0 Å². The van der Waals surface area contributed by atoms with Crippen LogP contribution in [0.1, 0.15) is 39.5 Å². The molecule has 5 heteroatoms. The van der Waals surface area contributed by atoms with Gasteiger partial charge < -0.3 is 15.7 Å². The Morgan fingerprint density at radius 3 is 2.61 bits per heavy atom. The summed E-state index contributed by atoms with van der Waals surface area (Å²) in [4.78, 5) is 22.1. The summed E-state index contributed by atoms with van der Waals surface area (Å²) in [6.45, 7) is 4.99. The number of rotatable bonds is 6. The quantitative estimate of drug-likeness (QED) is 0.678. The summed E-state index contributed by atoms with van der Waals surface area (Å²) in [5.74, 6) is 0.0446. The minimum Gasteiger partial charge on any atom is -0.481 e. The standard InChI is InChI=1S/C13H24N2O3/c1-9-4-3-5-11(9)8-15-13(18)14-7-6-10(2)12(16)17/h9-11H,3-8H2,1-2H3,(H,16,17)(H2,14,15,18). The van der Waals surface area contributed by atoms with Gasteiger partial charge in [-0.15, -0.1) is 0 Å². The summed E-state index contributed by atoms with van der Waals surface area (Å²) in [5, 5.41) is 14.2. The summed E-state index contributed by atoms with van der Waals surface area (Å²) < 4.78 is 0. The van der Waals surface area contributed by atoms with Gasteiger partial charge in [-0.05, 0) is 24.7 Å². The molecule has 3 N–H and O–H groups in total. The molecule has 3 unspecified atom stereocenters. The molecular formula is C13H24N2O3. The van der Waals surface area contributed by atoms with Crippen molar-refractivity contribution in [3.63, 3.8) is 0 Å². The molecule has 0 bridgehead atoms. The van der Waals surface area contributed by atoms with Crippen LogP contribution in [0.2, 0.25) is 0 Å². The highest BCUT2D eigenvalue weighted by Gasteiger charge is 2.23. The smallest absolute Gasteiger partial charge is 0.314 e. The number of aliphatic carboxylic acids is 1. The number of amides is 2. The Hall–Kier alpha value is -1.26. The third-order valence-electron chi connectivity index (χ3n) is 3.85. The van der Waals surface area contributed by atoms with Gasteiger partial charge in [0.2, 0.25) is 0 Å². The van der Waals surface area contributed by atoms with Crippen molar-refractivity contribution >= 4 is 12.0 Å². The Labute approximate surface area is 108 Å². The van der Waals surface area contributed by atoms with Crippen molar-refractivity contribution in [2.75, 3.05) is 13.1 Å². The van der Waals surface area contributed by atoms with E-state index in [2.05, 4.69) is 17.6 Å². The average Bonchev–Trinajstić information content (AvgIpc) is 2.72. The Kier molecular flexibility index (Phi) is 5.95. The van der Waals surface area contributed by atoms with Gasteiger partial charge in [-0.25, -0.2) is 4.79 Å². The summed E-state index contributed by atoms with van der Waals surface area (Å²) in [6, 6.07) is -0.188. The second-order valence-corrected chi connectivity index (χ2v) is 5.33. The highest BCUT2D eigenvalue weighted by molar-refractivity contribution is 5.74. The van der Waals surface area contributed by atoms with E-state index >= 15 is 0 Å². The molecule has 0 aromatic rings. The first-order chi connectivity index (χ1) is 8.50. The minimum atomic E-state index is -0.822. The van der Waals surface area contributed by atoms with Crippen LogP contribution in [0.15, 0.2) is 0 Å². The van der Waals surface area contributed by atoms with Crippen molar-refractivity contribution in [2.24, 2.45) is 17.8 Å². The normalized spacial score (nSPS) is 24.6. The van der Waals surface area contributed by atoms with Gasteiger partial charge in [-0.1, -0.05) is 26.7 Å². The first-order valence-electron chi connectivity index (χ1n) is 6.75. The predicted octanol–water partition coefficient (Wildman–Crippen LogP) is 1.83. The zero-order valence-electron chi connectivity index (χ0n) is 11.2. The maximum atomic E-state index is 11.5. The van der Waals surface area contributed by atoms with Crippen molar-refractivity contribution in [1.82, 2.24) is 10.6 Å². The average molecular weight is 256 g/mol. The van der Waals surface area contributed by atoms with Gasteiger partial charge in [-0.2, -0.15) is 0 Å². The van der Waals surface area contributed by atoms with Gasteiger partial charge in [0, 0.05) is 13.1 Å². The molecule has 1 saturated carbocycles. The molecule has 1 rings (SSSR count). The van der Waals surface area contributed by atoms with E-state index in [4.69, 9.17) is 5.11 Å². The van der Waals surface area contributed by atoms with Crippen LogP contribution in [0.4, 0.5) is 4.79 Å². The highest BCUT2D eigenvalue weighted by Crippen LogP contribution is 2.30. The summed E-state index contributed by atoms with van der Waals surface area (Å²) >= 11 is 0. The van der Waals surface area contributed by atoms with Crippen LogP contribution in [0.25, 0.3) is 0 Å². The molecule has 1 aliphatic rings. The lowest BCUT2D eigenvalue weighted by atomic mass is 9.98. The van der Waals surface area contributed by atoms with E-state index in [9.17, 15) is 9.59 Å². The van der Waals surface area contributed by atoms with E-state index in [1.165, 1.54) is 19.3 Å². The number of carbonyl (C=O) groups is 2. The third-order valence-corrected chi connectivity index (χ3v) is 3.85. The van der Waals surface area contributed by atoms with Crippen molar-refractivity contribution in [3.05, 3.63) is 0 Å². The number of nitrogens with one attached hydrogen (secondary N) is 2. The lowest BCUT2D eigenvalue weighted by Gasteiger charge is -2.16. The Balaban J connectivity index is 2.08. The molecule has 0 saturated heterocycles. The van der Waals surface area contributed by atoms with E-state index in [1.54, 1.807) is 6.92 Å². The van der Waals surface area contributed by atoms with Crippen LogP contribution in [0.3, 0.4) is 0 Å². The summed E-state index contributed by atoms with van der Waals surface area (Å²) in [6.07, 6.45) is 4.16. The second-order valence-electron chi connectivity index (χ2n) is 5.33. The van der Waals surface area contributed by atoms with E-state index in [1.807, 2.05) is 0 Å². The van der Waals surface area contributed by atoms with Crippen LogP contribution in [-0.4, -0.2) is 30.2 Å². The van der Waals surface area contributed by atoms with Gasteiger partial charge >= 0.3 is 12.0 Å². The van der Waals surface area contributed by atoms with Gasteiger partial charge in [-0.3, -0.25) is 4.79 Å². The number of hydrogen-bond donors (Lipinski definition) is 3. The highest BCUT2D eigenvalue weighted by atomic mass is 16.4. The molecule has 2 amide bonds. The van der Waals surface area contributed by atoms with Crippen molar-refractivity contribution < 1.29 is 14.7 Å². The first kappa shape index (κ1) is 14.8. The fourth-order valence-electron chi connectivity index (χ4n) is 2.34.